The van der Waals surface area contributed by atoms with E-state index in [-0.39, 0.29) is 13.2 Å². The number of aliphatic hydroxyl groups is 1. The molecule has 0 fully saturated rings. The van der Waals surface area contributed by atoms with Crippen molar-refractivity contribution < 1.29 is 24.2 Å². The van der Waals surface area contributed by atoms with Crippen molar-refractivity contribution in [2.45, 2.75) is 24.8 Å². The van der Waals surface area contributed by atoms with Crippen LogP contribution in [0.25, 0.3) is 0 Å². The smallest absolute Gasteiger partial charge is 0.336 e. The van der Waals surface area contributed by atoms with Crippen molar-refractivity contribution in [1.82, 2.24) is 0 Å². The molecule has 0 saturated heterocycles. The molecule has 2 unspecified atom stereocenters. The topological polar surface area (TPSA) is 72.8 Å². The number of rotatable bonds is 5. The van der Waals surface area contributed by atoms with Crippen LogP contribution in [0.3, 0.4) is 0 Å². The normalized spacial score (nSPS) is 14.3. The van der Waals surface area contributed by atoms with Crippen molar-refractivity contribution in [3.05, 3.63) is 0 Å². The lowest BCUT2D eigenvalue weighted by molar-refractivity contribution is -0.158. The van der Waals surface area contributed by atoms with E-state index in [0.29, 0.717) is 0 Å². The van der Waals surface area contributed by atoms with E-state index >= 15 is 0 Å². The Hall–Kier alpha value is -0.620. The van der Waals surface area contributed by atoms with E-state index in [1.807, 2.05) is 0 Å². The van der Waals surface area contributed by atoms with Crippen molar-refractivity contribution in [2.75, 3.05) is 13.2 Å². The van der Waals surface area contributed by atoms with Gasteiger partial charge in [-0.1, -0.05) is 15.9 Å². The van der Waals surface area contributed by atoms with E-state index in [4.69, 9.17) is 0 Å². The third-order valence-electron chi connectivity index (χ3n) is 1.32. The number of carbonyl (C=O) groups excluding carboxylic acids is 2. The van der Waals surface area contributed by atoms with Gasteiger partial charge in [-0.15, -0.1) is 0 Å². The molecule has 0 aliphatic carbocycles. The standard InChI is InChI=1S/C8H13BrO5/c1-3-13-7(11)5(9)6(10)8(12)14-4-2/h5-6,10H,3-4H2,1-2H3. The third kappa shape index (κ3) is 4.06. The Kier molecular flexibility index (Phi) is 6.48. The summed E-state index contributed by atoms with van der Waals surface area (Å²) < 4.78 is 9.13. The Morgan fingerprint density at radius 1 is 1.21 bits per heavy atom. The molecule has 6 heteroatoms. The molecule has 0 bridgehead atoms. The first-order chi connectivity index (χ1) is 6.54. The predicted molar refractivity (Wildman–Crippen MR) is 52.0 cm³/mol. The Labute approximate surface area is 90.5 Å². The summed E-state index contributed by atoms with van der Waals surface area (Å²) >= 11 is 2.85. The van der Waals surface area contributed by atoms with E-state index in [1.165, 1.54) is 0 Å². The van der Waals surface area contributed by atoms with Gasteiger partial charge in [0.2, 0.25) is 0 Å². The molecule has 14 heavy (non-hydrogen) atoms. The Morgan fingerprint density at radius 2 is 1.64 bits per heavy atom. The molecule has 0 heterocycles. The zero-order chi connectivity index (χ0) is 11.1. The molecule has 0 aliphatic rings. The number of halogens is 1. The molecular weight excluding hydrogens is 256 g/mol. The molecule has 0 aromatic carbocycles. The fourth-order valence-corrected chi connectivity index (χ4v) is 1.05. The fourth-order valence-electron chi connectivity index (χ4n) is 0.698. The first-order valence-electron chi connectivity index (χ1n) is 4.20. The highest BCUT2D eigenvalue weighted by Crippen LogP contribution is 2.09. The van der Waals surface area contributed by atoms with Gasteiger partial charge in [0.15, 0.2) is 6.10 Å². The van der Waals surface area contributed by atoms with Crippen LogP contribution in [0, 0.1) is 0 Å². The molecule has 0 rings (SSSR count). The summed E-state index contributed by atoms with van der Waals surface area (Å²) in [6, 6.07) is 0. The van der Waals surface area contributed by atoms with Gasteiger partial charge in [-0.05, 0) is 13.8 Å². The predicted octanol–water partition coefficient (Wildman–Crippen LogP) is 0.237. The molecule has 0 aromatic rings. The van der Waals surface area contributed by atoms with Crippen LogP contribution in [-0.2, 0) is 19.1 Å². The van der Waals surface area contributed by atoms with Gasteiger partial charge in [0.1, 0.15) is 4.83 Å². The van der Waals surface area contributed by atoms with E-state index in [9.17, 15) is 14.7 Å². The van der Waals surface area contributed by atoms with Crippen molar-refractivity contribution in [2.24, 2.45) is 0 Å². The van der Waals surface area contributed by atoms with Gasteiger partial charge in [0.25, 0.3) is 0 Å². The molecule has 0 amide bonds. The number of aliphatic hydroxyl groups excluding tert-OH is 1. The molecule has 82 valence electrons. The number of hydrogen-bond donors (Lipinski definition) is 1. The van der Waals surface area contributed by atoms with E-state index in [0.717, 1.165) is 0 Å². The maximum absolute atomic E-state index is 11.1. The van der Waals surface area contributed by atoms with Gasteiger partial charge in [-0.2, -0.15) is 0 Å². The molecule has 0 saturated carbocycles. The lowest BCUT2D eigenvalue weighted by Crippen LogP contribution is -2.37. The van der Waals surface area contributed by atoms with Crippen LogP contribution in [-0.4, -0.2) is 41.2 Å². The minimum Gasteiger partial charge on any atom is -0.465 e. The van der Waals surface area contributed by atoms with E-state index in [1.54, 1.807) is 13.8 Å². The van der Waals surface area contributed by atoms with Crippen LogP contribution in [0.15, 0.2) is 0 Å². The minimum absolute atomic E-state index is 0.151. The molecule has 5 nitrogen and oxygen atoms in total. The third-order valence-corrected chi connectivity index (χ3v) is 2.19. The molecule has 0 aliphatic heterocycles. The summed E-state index contributed by atoms with van der Waals surface area (Å²) in [5, 5.41) is 9.29. The molecule has 1 N–H and O–H groups in total. The van der Waals surface area contributed by atoms with Gasteiger partial charge in [0.05, 0.1) is 13.2 Å². The second-order valence-electron chi connectivity index (χ2n) is 2.35. The van der Waals surface area contributed by atoms with Crippen LogP contribution >= 0.6 is 15.9 Å². The van der Waals surface area contributed by atoms with Crippen LogP contribution in [0.4, 0.5) is 0 Å². The summed E-state index contributed by atoms with van der Waals surface area (Å²) in [6.45, 7) is 3.58. The average Bonchev–Trinajstić information content (AvgIpc) is 2.16. The number of ether oxygens (including phenoxy) is 2. The van der Waals surface area contributed by atoms with Crippen molar-refractivity contribution in [3.63, 3.8) is 0 Å². The highest BCUT2D eigenvalue weighted by atomic mass is 79.9. The number of carbonyl (C=O) groups is 2. The van der Waals surface area contributed by atoms with Crippen LogP contribution in [0.1, 0.15) is 13.8 Å². The summed E-state index contributed by atoms with van der Waals surface area (Å²) in [5.41, 5.74) is 0. The monoisotopic (exact) mass is 268 g/mol. The highest BCUT2D eigenvalue weighted by Gasteiger charge is 2.31. The Morgan fingerprint density at radius 3 is 2.07 bits per heavy atom. The summed E-state index contributed by atoms with van der Waals surface area (Å²) in [7, 11) is 0. The maximum atomic E-state index is 11.1. The van der Waals surface area contributed by atoms with Gasteiger partial charge in [0, 0.05) is 0 Å². The lowest BCUT2D eigenvalue weighted by Gasteiger charge is -2.14. The molecule has 0 radical (unpaired) electrons. The summed E-state index contributed by atoms with van der Waals surface area (Å²) in [6.07, 6.45) is -1.53. The van der Waals surface area contributed by atoms with Crippen molar-refractivity contribution >= 4 is 27.9 Å². The first-order valence-corrected chi connectivity index (χ1v) is 5.11. The Balaban J connectivity index is 4.16. The van der Waals surface area contributed by atoms with Crippen LogP contribution in [0.2, 0.25) is 0 Å². The van der Waals surface area contributed by atoms with Gasteiger partial charge in [-0.25, -0.2) is 4.79 Å². The number of esters is 2. The van der Waals surface area contributed by atoms with Crippen LogP contribution in [0.5, 0.6) is 0 Å². The quantitative estimate of drug-likeness (QED) is 0.571. The Bertz CT molecular complexity index is 184. The fraction of sp³-hybridized carbons (Fsp3) is 0.750. The maximum Gasteiger partial charge on any atom is 0.336 e. The van der Waals surface area contributed by atoms with Gasteiger partial charge >= 0.3 is 11.9 Å². The first kappa shape index (κ1) is 13.4. The lowest BCUT2D eigenvalue weighted by atomic mass is 10.2. The van der Waals surface area contributed by atoms with Crippen molar-refractivity contribution in [1.29, 1.82) is 0 Å². The van der Waals surface area contributed by atoms with Crippen molar-refractivity contribution in [3.8, 4) is 0 Å². The number of hydrogen-bond acceptors (Lipinski definition) is 5. The summed E-state index contributed by atoms with van der Waals surface area (Å²) in [5.74, 6) is -1.53. The second kappa shape index (κ2) is 6.78. The molecule has 0 aromatic heterocycles. The molecular formula is C8H13BrO5. The zero-order valence-corrected chi connectivity index (χ0v) is 9.61. The largest absolute Gasteiger partial charge is 0.465 e. The van der Waals surface area contributed by atoms with Crippen LogP contribution < -0.4 is 0 Å². The minimum atomic E-state index is -1.53. The molecule has 2 atom stereocenters. The number of alkyl halides is 1. The highest BCUT2D eigenvalue weighted by molar-refractivity contribution is 9.10. The van der Waals surface area contributed by atoms with Gasteiger partial charge < -0.3 is 14.6 Å². The zero-order valence-electron chi connectivity index (χ0n) is 8.03. The average molecular weight is 269 g/mol. The summed E-state index contributed by atoms with van der Waals surface area (Å²) in [4.78, 5) is 21.0. The van der Waals surface area contributed by atoms with Gasteiger partial charge in [-0.3, -0.25) is 4.79 Å². The van der Waals surface area contributed by atoms with E-state index < -0.39 is 22.9 Å². The second-order valence-corrected chi connectivity index (χ2v) is 3.34. The SMILES string of the molecule is CCOC(=O)C(O)C(Br)C(=O)OCC. The molecule has 0 spiro atoms. The van der Waals surface area contributed by atoms with E-state index in [2.05, 4.69) is 25.4 Å².